The molecule has 29 heavy (non-hydrogen) atoms. The van der Waals surface area contributed by atoms with Gasteiger partial charge in [-0.05, 0) is 46.2 Å². The van der Waals surface area contributed by atoms with Crippen molar-refractivity contribution in [3.63, 3.8) is 0 Å². The van der Waals surface area contributed by atoms with E-state index in [2.05, 4.69) is 64.9 Å². The van der Waals surface area contributed by atoms with E-state index in [1.807, 2.05) is 0 Å². The largest absolute Gasteiger partial charge is 0.497 e. The quantitative estimate of drug-likeness (QED) is 0.792. The number of nitrogens with zero attached hydrogens (tertiary/aromatic N) is 4. The first-order valence-electron chi connectivity index (χ1n) is 10.7. The van der Waals surface area contributed by atoms with Gasteiger partial charge in [0.05, 0.1) is 16.7 Å². The van der Waals surface area contributed by atoms with E-state index in [0.717, 1.165) is 61.5 Å². The fourth-order valence-electron chi connectivity index (χ4n) is 4.21. The zero-order chi connectivity index (χ0) is 20.2. The van der Waals surface area contributed by atoms with Gasteiger partial charge in [0.15, 0.2) is 0 Å². The fraction of sp³-hybridized carbons (Fsp3) is 0.619. The summed E-state index contributed by atoms with van der Waals surface area (Å²) in [5.41, 5.74) is 2.48. The van der Waals surface area contributed by atoms with Crippen molar-refractivity contribution in [1.29, 1.82) is 0 Å². The van der Waals surface area contributed by atoms with Gasteiger partial charge in [-0.2, -0.15) is 0 Å². The van der Waals surface area contributed by atoms with E-state index in [-0.39, 0.29) is 11.2 Å². The molecule has 1 N–H and O–H groups in total. The molecule has 1 aromatic heterocycles. The molecule has 0 saturated carbocycles. The van der Waals surface area contributed by atoms with Crippen molar-refractivity contribution in [2.45, 2.75) is 45.3 Å². The van der Waals surface area contributed by atoms with Gasteiger partial charge in [0.2, 0.25) is 0 Å². The Labute approximate surface area is 172 Å². The first kappa shape index (κ1) is 19.1. The number of nitrogens with one attached hydrogen (secondary N) is 1. The van der Waals surface area contributed by atoms with Gasteiger partial charge in [-0.3, -0.25) is 0 Å². The second-order valence-corrected chi connectivity index (χ2v) is 9.29. The molecule has 0 bridgehead atoms. The molecule has 0 spiro atoms. The number of piperazine rings is 1. The molecule has 4 heterocycles. The fourth-order valence-corrected chi connectivity index (χ4v) is 4.21. The highest BCUT2D eigenvalue weighted by Gasteiger charge is 2.52. The molecule has 3 aliphatic rings. The average molecular weight is 395 g/mol. The van der Waals surface area contributed by atoms with Gasteiger partial charge in [0.25, 0.3) is 0 Å². The molecule has 0 aliphatic carbocycles. The van der Waals surface area contributed by atoms with Gasteiger partial charge >= 0.3 is 7.12 Å². The summed E-state index contributed by atoms with van der Waals surface area (Å²) in [7, 11) is -0.391. The predicted molar refractivity (Wildman–Crippen MR) is 117 cm³/mol. The Hall–Kier alpha value is -1.90. The van der Waals surface area contributed by atoms with Crippen molar-refractivity contribution >= 4 is 35.0 Å². The minimum absolute atomic E-state index is 0.365. The SMILES string of the molecule is CC1(C)OB(c2cc3ncnc(N4CCNCC4)c3cc2N2CCC2)OC1(C)C. The first-order valence-corrected chi connectivity index (χ1v) is 10.7. The molecule has 1 aromatic carbocycles. The highest BCUT2D eigenvalue weighted by Crippen LogP contribution is 2.38. The number of benzene rings is 1. The number of aromatic nitrogens is 2. The Balaban J connectivity index is 1.61. The van der Waals surface area contributed by atoms with E-state index in [1.165, 1.54) is 12.1 Å². The molecule has 3 fully saturated rings. The van der Waals surface area contributed by atoms with Crippen molar-refractivity contribution in [3.8, 4) is 0 Å². The van der Waals surface area contributed by atoms with Crippen LogP contribution in [-0.2, 0) is 9.31 Å². The van der Waals surface area contributed by atoms with Gasteiger partial charge < -0.3 is 24.4 Å². The molecule has 3 saturated heterocycles. The third-order valence-electron chi connectivity index (χ3n) is 6.88. The van der Waals surface area contributed by atoms with E-state index >= 15 is 0 Å². The molecule has 0 radical (unpaired) electrons. The second kappa shape index (κ2) is 6.82. The minimum Gasteiger partial charge on any atom is -0.399 e. The summed E-state index contributed by atoms with van der Waals surface area (Å²) in [5.74, 6) is 1.03. The van der Waals surface area contributed by atoms with Crippen LogP contribution in [0.4, 0.5) is 11.5 Å². The lowest BCUT2D eigenvalue weighted by Crippen LogP contribution is -2.45. The van der Waals surface area contributed by atoms with Crippen LogP contribution < -0.4 is 20.6 Å². The molecule has 8 heteroatoms. The van der Waals surface area contributed by atoms with Gasteiger partial charge in [-0.25, -0.2) is 9.97 Å². The summed E-state index contributed by atoms with van der Waals surface area (Å²) in [6.07, 6.45) is 2.90. The summed E-state index contributed by atoms with van der Waals surface area (Å²) >= 11 is 0. The maximum atomic E-state index is 6.39. The standard InChI is InChI=1S/C21H30BN5O2/c1-20(2)21(3,4)29-22(28-20)16-13-17-15(12-18(16)26-8-5-9-26)19(25-14-24-17)27-10-6-23-7-11-27/h12-14,23H,5-11H2,1-4H3. The van der Waals surface area contributed by atoms with Crippen molar-refractivity contribution in [3.05, 3.63) is 18.5 Å². The number of fused-ring (bicyclic) bond motifs is 1. The lowest BCUT2D eigenvalue weighted by atomic mass is 9.76. The summed E-state index contributed by atoms with van der Waals surface area (Å²) < 4.78 is 12.8. The van der Waals surface area contributed by atoms with E-state index in [0.29, 0.717) is 0 Å². The number of anilines is 2. The lowest BCUT2D eigenvalue weighted by Gasteiger charge is -2.36. The first-order chi connectivity index (χ1) is 13.9. The summed E-state index contributed by atoms with van der Waals surface area (Å²) in [6.45, 7) is 14.4. The Morgan fingerprint density at radius 3 is 2.24 bits per heavy atom. The maximum Gasteiger partial charge on any atom is 0.497 e. The van der Waals surface area contributed by atoms with Gasteiger partial charge in [0, 0.05) is 55.8 Å². The zero-order valence-electron chi connectivity index (χ0n) is 17.9. The van der Waals surface area contributed by atoms with Crippen LogP contribution in [0, 0.1) is 0 Å². The molecule has 5 rings (SSSR count). The molecule has 7 nitrogen and oxygen atoms in total. The minimum atomic E-state index is -0.391. The normalized spacial score (nSPS) is 23.5. The molecule has 3 aliphatic heterocycles. The monoisotopic (exact) mass is 395 g/mol. The second-order valence-electron chi connectivity index (χ2n) is 9.29. The van der Waals surface area contributed by atoms with Crippen LogP contribution in [0.5, 0.6) is 0 Å². The van der Waals surface area contributed by atoms with Crippen molar-refractivity contribution < 1.29 is 9.31 Å². The van der Waals surface area contributed by atoms with Crippen LogP contribution in [0.2, 0.25) is 0 Å². The molecule has 0 unspecified atom stereocenters. The maximum absolute atomic E-state index is 6.39. The molecule has 0 amide bonds. The van der Waals surface area contributed by atoms with Gasteiger partial charge in [-0.15, -0.1) is 0 Å². The number of hydrogen-bond donors (Lipinski definition) is 1. The van der Waals surface area contributed by atoms with E-state index in [9.17, 15) is 0 Å². The van der Waals surface area contributed by atoms with Crippen molar-refractivity contribution in [1.82, 2.24) is 15.3 Å². The molecular formula is C21H30BN5O2. The van der Waals surface area contributed by atoms with E-state index in [1.54, 1.807) is 6.33 Å². The summed E-state index contributed by atoms with van der Waals surface area (Å²) in [5, 5.41) is 4.52. The van der Waals surface area contributed by atoms with E-state index in [4.69, 9.17) is 9.31 Å². The average Bonchev–Trinajstić information content (AvgIpc) is 2.87. The summed E-state index contributed by atoms with van der Waals surface area (Å²) in [4.78, 5) is 14.0. The van der Waals surface area contributed by atoms with Gasteiger partial charge in [-0.1, -0.05) is 0 Å². The van der Waals surface area contributed by atoms with Crippen molar-refractivity contribution in [2.75, 3.05) is 49.1 Å². The van der Waals surface area contributed by atoms with E-state index < -0.39 is 7.12 Å². The van der Waals surface area contributed by atoms with Crippen LogP contribution >= 0.6 is 0 Å². The summed E-state index contributed by atoms with van der Waals surface area (Å²) in [6, 6.07) is 4.41. The van der Waals surface area contributed by atoms with Crippen LogP contribution in [-0.4, -0.2) is 67.6 Å². The zero-order valence-corrected chi connectivity index (χ0v) is 17.9. The molecular weight excluding hydrogens is 365 g/mol. The highest BCUT2D eigenvalue weighted by molar-refractivity contribution is 6.64. The van der Waals surface area contributed by atoms with Crippen molar-refractivity contribution in [2.24, 2.45) is 0 Å². The van der Waals surface area contributed by atoms with Crippen LogP contribution in [0.3, 0.4) is 0 Å². The lowest BCUT2D eigenvalue weighted by molar-refractivity contribution is 0.00578. The highest BCUT2D eigenvalue weighted by atomic mass is 16.7. The molecule has 154 valence electrons. The molecule has 0 atom stereocenters. The third-order valence-corrected chi connectivity index (χ3v) is 6.88. The Morgan fingerprint density at radius 1 is 0.931 bits per heavy atom. The Bertz CT molecular complexity index is 909. The number of hydrogen-bond acceptors (Lipinski definition) is 7. The van der Waals surface area contributed by atoms with Gasteiger partial charge in [0.1, 0.15) is 12.1 Å². The molecule has 2 aromatic rings. The predicted octanol–water partition coefficient (Wildman–Crippen LogP) is 1.55. The van der Waals surface area contributed by atoms with Crippen LogP contribution in [0.1, 0.15) is 34.1 Å². The topological polar surface area (TPSA) is 62.8 Å². The van der Waals surface area contributed by atoms with Crippen LogP contribution in [0.25, 0.3) is 10.9 Å². The smallest absolute Gasteiger partial charge is 0.399 e. The Kier molecular flexibility index (Phi) is 4.49. The Morgan fingerprint density at radius 2 is 1.62 bits per heavy atom. The third kappa shape index (κ3) is 3.18. The van der Waals surface area contributed by atoms with Crippen LogP contribution in [0.15, 0.2) is 18.5 Å². The number of rotatable bonds is 3.